The molecule has 0 aliphatic carbocycles. The van der Waals surface area contributed by atoms with Gasteiger partial charge in [-0.2, -0.15) is 13.2 Å². The lowest BCUT2D eigenvalue weighted by molar-refractivity contribution is -0.136. The van der Waals surface area contributed by atoms with Gasteiger partial charge in [-0.3, -0.25) is 4.79 Å². The third kappa shape index (κ3) is 5.65. The number of nitrogens with one attached hydrogen (secondary N) is 2. The van der Waals surface area contributed by atoms with Crippen molar-refractivity contribution in [3.05, 3.63) is 23.8 Å². The van der Waals surface area contributed by atoms with Crippen molar-refractivity contribution in [1.82, 2.24) is 5.32 Å². The highest BCUT2D eigenvalue weighted by Gasteiger charge is 2.34. The molecule has 1 aromatic carbocycles. The van der Waals surface area contributed by atoms with Crippen LogP contribution >= 0.6 is 0 Å². The first-order valence-electron chi connectivity index (χ1n) is 7.74. The van der Waals surface area contributed by atoms with E-state index in [1.165, 1.54) is 13.1 Å². The number of anilines is 2. The second kappa shape index (κ2) is 8.64. The van der Waals surface area contributed by atoms with Crippen molar-refractivity contribution < 1.29 is 18.0 Å². The van der Waals surface area contributed by atoms with Crippen molar-refractivity contribution in [3.8, 4) is 0 Å². The number of carbonyl (C=O) groups is 1. The Bertz CT molecular complexity index is 518. The predicted molar refractivity (Wildman–Crippen MR) is 86.8 cm³/mol. The van der Waals surface area contributed by atoms with Crippen LogP contribution in [0, 0.1) is 0 Å². The van der Waals surface area contributed by atoms with Crippen molar-refractivity contribution in [2.45, 2.75) is 32.9 Å². The number of halogens is 3. The number of amides is 1. The van der Waals surface area contributed by atoms with Crippen LogP contribution in [0.5, 0.6) is 0 Å². The van der Waals surface area contributed by atoms with Gasteiger partial charge in [0.15, 0.2) is 0 Å². The summed E-state index contributed by atoms with van der Waals surface area (Å²) < 4.78 is 39.5. The largest absolute Gasteiger partial charge is 0.418 e. The van der Waals surface area contributed by atoms with E-state index in [1.807, 2.05) is 13.8 Å². The number of hydrogen-bond donors (Lipinski definition) is 2. The molecule has 0 aliphatic heterocycles. The van der Waals surface area contributed by atoms with E-state index >= 15 is 0 Å². The van der Waals surface area contributed by atoms with Crippen LogP contribution in [0.25, 0.3) is 0 Å². The quantitative estimate of drug-likeness (QED) is 0.766. The number of nitrogens with zero attached hydrogens (tertiary/aromatic N) is 1. The monoisotopic (exact) mass is 331 g/mol. The smallest absolute Gasteiger partial charge is 0.388 e. The first-order valence-corrected chi connectivity index (χ1v) is 7.74. The lowest BCUT2D eigenvalue weighted by Crippen LogP contribution is -2.38. The molecule has 1 aromatic rings. The second-order valence-electron chi connectivity index (χ2n) is 5.25. The van der Waals surface area contributed by atoms with E-state index in [0.717, 1.165) is 18.9 Å². The van der Waals surface area contributed by atoms with Gasteiger partial charge in [0.25, 0.3) is 0 Å². The molecule has 0 fully saturated rings. The fraction of sp³-hybridized carbons (Fsp3) is 0.562. The van der Waals surface area contributed by atoms with Crippen molar-refractivity contribution in [2.75, 3.05) is 36.9 Å². The van der Waals surface area contributed by atoms with Crippen LogP contribution in [0.2, 0.25) is 0 Å². The standard InChI is InChI=1S/C16H24F3N3O/c1-4-8-21-15(23)11-22(9-5-2)12-6-7-14(20-3)13(10-12)16(17,18)19/h6-7,10,20H,4-5,8-9,11H2,1-3H3,(H,21,23). The molecule has 0 heterocycles. The summed E-state index contributed by atoms with van der Waals surface area (Å²) in [5.74, 6) is -0.188. The molecule has 0 atom stereocenters. The summed E-state index contributed by atoms with van der Waals surface area (Å²) >= 11 is 0. The third-order valence-corrected chi connectivity index (χ3v) is 3.34. The molecule has 0 aromatic heterocycles. The third-order valence-electron chi connectivity index (χ3n) is 3.34. The number of alkyl halides is 3. The molecule has 0 radical (unpaired) electrons. The van der Waals surface area contributed by atoms with Gasteiger partial charge in [0.2, 0.25) is 5.91 Å². The highest BCUT2D eigenvalue weighted by molar-refractivity contribution is 5.81. The summed E-state index contributed by atoms with van der Waals surface area (Å²) in [6.45, 7) is 4.98. The Morgan fingerprint density at radius 1 is 1.22 bits per heavy atom. The highest BCUT2D eigenvalue weighted by Crippen LogP contribution is 2.37. The van der Waals surface area contributed by atoms with Crippen molar-refractivity contribution in [3.63, 3.8) is 0 Å². The minimum atomic E-state index is -4.45. The fourth-order valence-electron chi connectivity index (χ4n) is 2.24. The second-order valence-corrected chi connectivity index (χ2v) is 5.25. The van der Waals surface area contributed by atoms with Crippen molar-refractivity contribution in [2.24, 2.45) is 0 Å². The number of benzene rings is 1. The Balaban J connectivity index is 3.05. The molecule has 0 saturated heterocycles. The van der Waals surface area contributed by atoms with E-state index < -0.39 is 11.7 Å². The summed E-state index contributed by atoms with van der Waals surface area (Å²) in [6.07, 6.45) is -2.90. The van der Waals surface area contributed by atoms with Crippen LogP contribution in [-0.4, -0.2) is 32.6 Å². The lowest BCUT2D eigenvalue weighted by atomic mass is 10.1. The maximum atomic E-state index is 13.2. The van der Waals surface area contributed by atoms with Crippen LogP contribution in [0.3, 0.4) is 0 Å². The molecule has 0 bridgehead atoms. The molecule has 1 rings (SSSR count). The predicted octanol–water partition coefficient (Wildman–Crippen LogP) is 3.49. The van der Waals surface area contributed by atoms with Crippen LogP contribution < -0.4 is 15.5 Å². The van der Waals surface area contributed by atoms with Gasteiger partial charge in [-0.1, -0.05) is 13.8 Å². The minimum Gasteiger partial charge on any atom is -0.388 e. The topological polar surface area (TPSA) is 44.4 Å². The zero-order valence-electron chi connectivity index (χ0n) is 13.8. The summed E-state index contributed by atoms with van der Waals surface area (Å²) in [5.41, 5.74) is -0.314. The van der Waals surface area contributed by atoms with Gasteiger partial charge in [0.1, 0.15) is 0 Å². The molecule has 0 saturated carbocycles. The normalized spacial score (nSPS) is 11.2. The summed E-state index contributed by atoms with van der Waals surface area (Å²) in [7, 11) is 1.45. The van der Waals surface area contributed by atoms with Gasteiger partial charge in [-0.05, 0) is 31.0 Å². The van der Waals surface area contributed by atoms with E-state index in [2.05, 4.69) is 10.6 Å². The Kier molecular flexibility index (Phi) is 7.19. The first-order chi connectivity index (χ1) is 10.8. The molecule has 4 nitrogen and oxygen atoms in total. The van der Waals surface area contributed by atoms with Crippen molar-refractivity contribution in [1.29, 1.82) is 0 Å². The zero-order chi connectivity index (χ0) is 17.5. The maximum Gasteiger partial charge on any atom is 0.418 e. The molecule has 0 spiro atoms. The Labute approximate surface area is 135 Å². The van der Waals surface area contributed by atoms with E-state index in [0.29, 0.717) is 18.8 Å². The van der Waals surface area contributed by atoms with E-state index in [4.69, 9.17) is 0 Å². The maximum absolute atomic E-state index is 13.2. The van der Waals surface area contributed by atoms with Crippen LogP contribution in [0.1, 0.15) is 32.3 Å². The van der Waals surface area contributed by atoms with E-state index in [1.54, 1.807) is 11.0 Å². The van der Waals surface area contributed by atoms with E-state index in [9.17, 15) is 18.0 Å². The number of hydrogen-bond acceptors (Lipinski definition) is 3. The zero-order valence-corrected chi connectivity index (χ0v) is 13.8. The average molecular weight is 331 g/mol. The highest BCUT2D eigenvalue weighted by atomic mass is 19.4. The van der Waals surface area contributed by atoms with Gasteiger partial charge < -0.3 is 15.5 Å². The molecule has 0 aliphatic rings. The van der Waals surface area contributed by atoms with Gasteiger partial charge in [-0.25, -0.2) is 0 Å². The van der Waals surface area contributed by atoms with Gasteiger partial charge in [-0.15, -0.1) is 0 Å². The fourth-order valence-corrected chi connectivity index (χ4v) is 2.24. The molecule has 1 amide bonds. The molecule has 23 heavy (non-hydrogen) atoms. The molecular weight excluding hydrogens is 307 g/mol. The van der Waals surface area contributed by atoms with Gasteiger partial charge >= 0.3 is 6.18 Å². The van der Waals surface area contributed by atoms with Crippen LogP contribution in [-0.2, 0) is 11.0 Å². The number of carbonyl (C=O) groups excluding carboxylic acids is 1. The van der Waals surface area contributed by atoms with Crippen LogP contribution in [0.15, 0.2) is 18.2 Å². The number of rotatable bonds is 8. The summed E-state index contributed by atoms with van der Waals surface area (Å²) in [4.78, 5) is 13.5. The summed E-state index contributed by atoms with van der Waals surface area (Å²) in [6, 6.07) is 4.09. The first kappa shape index (κ1) is 19.1. The Hall–Kier alpha value is -1.92. The lowest BCUT2D eigenvalue weighted by Gasteiger charge is -2.25. The van der Waals surface area contributed by atoms with Crippen molar-refractivity contribution >= 4 is 17.3 Å². The Morgan fingerprint density at radius 3 is 2.43 bits per heavy atom. The molecule has 130 valence electrons. The average Bonchev–Trinajstić information content (AvgIpc) is 2.51. The summed E-state index contributed by atoms with van der Waals surface area (Å²) in [5, 5.41) is 5.29. The molecular formula is C16H24F3N3O. The molecule has 7 heteroatoms. The van der Waals surface area contributed by atoms with Crippen LogP contribution in [0.4, 0.5) is 24.5 Å². The van der Waals surface area contributed by atoms with Gasteiger partial charge in [0, 0.05) is 31.5 Å². The molecule has 0 unspecified atom stereocenters. The molecule has 2 N–H and O–H groups in total. The SMILES string of the molecule is CCCNC(=O)CN(CCC)c1ccc(NC)c(C(F)(F)F)c1. The van der Waals surface area contributed by atoms with Gasteiger partial charge in [0.05, 0.1) is 12.1 Å². The minimum absolute atomic E-state index is 0.0214. The van der Waals surface area contributed by atoms with E-state index in [-0.39, 0.29) is 18.1 Å². The Morgan fingerprint density at radius 2 is 1.91 bits per heavy atom.